The van der Waals surface area contributed by atoms with Crippen molar-refractivity contribution in [1.29, 1.82) is 0 Å². The van der Waals surface area contributed by atoms with E-state index in [-0.39, 0.29) is 7.43 Å². The van der Waals surface area contributed by atoms with Crippen molar-refractivity contribution in [2.24, 2.45) is 0 Å². The Kier molecular flexibility index (Phi) is 6.38. The van der Waals surface area contributed by atoms with Crippen LogP contribution in [0, 0.1) is 0 Å². The molecule has 56 valence electrons. The van der Waals surface area contributed by atoms with Crippen molar-refractivity contribution < 1.29 is 0 Å². The molecule has 1 aliphatic heterocycles. The van der Waals surface area contributed by atoms with E-state index in [1.807, 2.05) is 23.5 Å². The molecule has 0 aromatic carbocycles. The van der Waals surface area contributed by atoms with Crippen molar-refractivity contribution in [3.8, 4) is 0 Å². The molecule has 1 fully saturated rings. The zero-order valence-electron chi connectivity index (χ0n) is 4.60. The smallest absolute Gasteiger partial charge is 0.0637 e. The molecule has 9 heavy (non-hydrogen) atoms. The summed E-state index contributed by atoms with van der Waals surface area (Å²) in [5.74, 6) is 3.43. The van der Waals surface area contributed by atoms with Crippen molar-refractivity contribution in [1.82, 2.24) is 0 Å². The summed E-state index contributed by atoms with van der Waals surface area (Å²) in [6.45, 7) is 0. The Bertz CT molecular complexity index is 62.1. The Morgan fingerprint density at radius 2 is 1.89 bits per heavy atom. The highest BCUT2D eigenvalue weighted by Gasteiger charge is 2.11. The average molecular weight is 185 g/mol. The van der Waals surface area contributed by atoms with Gasteiger partial charge in [0.15, 0.2) is 0 Å². The maximum absolute atomic E-state index is 5.64. The van der Waals surface area contributed by atoms with Crippen LogP contribution in [0.25, 0.3) is 0 Å². The Balaban J connectivity index is 0.000000640. The van der Waals surface area contributed by atoms with E-state index in [0.29, 0.717) is 4.58 Å². The highest BCUT2D eigenvalue weighted by atomic mass is 35.5. The van der Waals surface area contributed by atoms with Crippen LogP contribution in [0.3, 0.4) is 0 Å². The van der Waals surface area contributed by atoms with Gasteiger partial charge in [-0.05, 0) is 17.9 Å². The van der Waals surface area contributed by atoms with Crippen LogP contribution in [0.1, 0.15) is 13.8 Å². The van der Waals surface area contributed by atoms with E-state index < -0.39 is 0 Å². The molecule has 0 N–H and O–H groups in total. The van der Waals surface area contributed by atoms with Gasteiger partial charge in [-0.3, -0.25) is 0 Å². The number of rotatable bonds is 1. The fraction of sp³-hybridized carbons (Fsp3) is 1.00. The molecule has 1 rings (SSSR count). The molecule has 0 radical (unpaired) electrons. The molecule has 0 bridgehead atoms. The summed E-state index contributed by atoms with van der Waals surface area (Å²) >= 11 is 9.63. The van der Waals surface area contributed by atoms with E-state index in [9.17, 15) is 0 Å². The molecule has 1 aliphatic rings. The largest absolute Gasteiger partial charge is 0.146 e. The van der Waals surface area contributed by atoms with Gasteiger partial charge in [0.1, 0.15) is 0 Å². The standard InChI is InChI=1S/C5H9ClS2.CH4/c6-4-5-7-2-1-3-8-5;/h5H,1-4H2;1H4. The van der Waals surface area contributed by atoms with Gasteiger partial charge in [-0.25, -0.2) is 0 Å². The Labute approximate surface area is 71.1 Å². The molecule has 0 nitrogen and oxygen atoms in total. The third kappa shape index (κ3) is 3.64. The van der Waals surface area contributed by atoms with E-state index in [0.717, 1.165) is 5.88 Å². The maximum atomic E-state index is 5.64. The third-order valence-electron chi connectivity index (χ3n) is 1.02. The molecule has 0 aromatic heterocycles. The lowest BCUT2D eigenvalue weighted by Gasteiger charge is -2.17. The molecular weight excluding hydrogens is 172 g/mol. The molecule has 0 aromatic rings. The second kappa shape index (κ2) is 5.75. The quantitative estimate of drug-likeness (QED) is 0.575. The molecule has 1 saturated heterocycles. The summed E-state index contributed by atoms with van der Waals surface area (Å²) in [7, 11) is 0. The van der Waals surface area contributed by atoms with Crippen molar-refractivity contribution in [3.63, 3.8) is 0 Å². The first-order chi connectivity index (χ1) is 3.93. The van der Waals surface area contributed by atoms with Gasteiger partial charge in [0.05, 0.1) is 4.58 Å². The number of hydrogen-bond acceptors (Lipinski definition) is 2. The average Bonchev–Trinajstić information content (AvgIpc) is 1.90. The SMILES string of the molecule is C.ClCC1SCCCS1. The zero-order chi connectivity index (χ0) is 5.82. The van der Waals surface area contributed by atoms with Crippen molar-refractivity contribution in [2.45, 2.75) is 18.4 Å². The molecule has 0 atom stereocenters. The fourth-order valence-corrected chi connectivity index (χ4v) is 3.63. The summed E-state index contributed by atoms with van der Waals surface area (Å²) in [4.78, 5) is 0. The maximum Gasteiger partial charge on any atom is 0.0637 e. The first-order valence-electron chi connectivity index (χ1n) is 2.72. The molecule has 0 unspecified atom stereocenters. The Morgan fingerprint density at radius 1 is 1.33 bits per heavy atom. The number of alkyl halides is 1. The highest BCUT2D eigenvalue weighted by molar-refractivity contribution is 8.17. The Morgan fingerprint density at radius 3 is 2.22 bits per heavy atom. The van der Waals surface area contributed by atoms with Crippen LogP contribution in [0.2, 0.25) is 0 Å². The topological polar surface area (TPSA) is 0 Å². The lowest BCUT2D eigenvalue weighted by atomic mass is 10.6. The molecule has 0 amide bonds. The van der Waals surface area contributed by atoms with Crippen LogP contribution in [0.4, 0.5) is 0 Å². The lowest BCUT2D eigenvalue weighted by Crippen LogP contribution is -2.07. The van der Waals surface area contributed by atoms with Crippen LogP contribution < -0.4 is 0 Å². The van der Waals surface area contributed by atoms with E-state index in [2.05, 4.69) is 0 Å². The fourth-order valence-electron chi connectivity index (χ4n) is 0.626. The van der Waals surface area contributed by atoms with Crippen LogP contribution >= 0.6 is 35.1 Å². The molecule has 1 heterocycles. The van der Waals surface area contributed by atoms with Crippen molar-refractivity contribution >= 4 is 35.1 Å². The van der Waals surface area contributed by atoms with Gasteiger partial charge in [-0.15, -0.1) is 35.1 Å². The number of thioether (sulfide) groups is 2. The van der Waals surface area contributed by atoms with Crippen LogP contribution in [-0.4, -0.2) is 22.0 Å². The zero-order valence-corrected chi connectivity index (χ0v) is 6.99. The summed E-state index contributed by atoms with van der Waals surface area (Å²) < 4.78 is 0.686. The predicted octanol–water partition coefficient (Wildman–Crippen LogP) is 3.06. The van der Waals surface area contributed by atoms with Gasteiger partial charge in [-0.1, -0.05) is 7.43 Å². The molecule has 0 aliphatic carbocycles. The number of halogens is 1. The minimum absolute atomic E-state index is 0. The van der Waals surface area contributed by atoms with Crippen molar-refractivity contribution in [3.05, 3.63) is 0 Å². The van der Waals surface area contributed by atoms with Crippen molar-refractivity contribution in [2.75, 3.05) is 17.4 Å². The molecular formula is C6H13ClS2. The normalized spacial score (nSPS) is 21.0. The Hall–Kier alpha value is 0.990. The minimum atomic E-state index is 0. The third-order valence-corrected chi connectivity index (χ3v) is 4.64. The van der Waals surface area contributed by atoms with E-state index in [1.54, 1.807) is 0 Å². The second-order valence-electron chi connectivity index (χ2n) is 1.68. The number of hydrogen-bond donors (Lipinski definition) is 0. The molecule has 3 heteroatoms. The van der Waals surface area contributed by atoms with Gasteiger partial charge < -0.3 is 0 Å². The van der Waals surface area contributed by atoms with E-state index in [4.69, 9.17) is 11.6 Å². The monoisotopic (exact) mass is 184 g/mol. The second-order valence-corrected chi connectivity index (χ2v) is 4.91. The highest BCUT2D eigenvalue weighted by Crippen LogP contribution is 2.30. The van der Waals surface area contributed by atoms with Crippen LogP contribution in [0.5, 0.6) is 0 Å². The van der Waals surface area contributed by atoms with Gasteiger partial charge in [0, 0.05) is 5.88 Å². The summed E-state index contributed by atoms with van der Waals surface area (Å²) in [5, 5.41) is 0. The predicted molar refractivity (Wildman–Crippen MR) is 50.8 cm³/mol. The van der Waals surface area contributed by atoms with Crippen LogP contribution in [0.15, 0.2) is 0 Å². The van der Waals surface area contributed by atoms with Gasteiger partial charge in [0.2, 0.25) is 0 Å². The summed E-state index contributed by atoms with van der Waals surface area (Å²) in [6.07, 6.45) is 1.36. The molecule has 0 spiro atoms. The lowest BCUT2D eigenvalue weighted by molar-refractivity contribution is 1.10. The van der Waals surface area contributed by atoms with Gasteiger partial charge >= 0.3 is 0 Å². The minimum Gasteiger partial charge on any atom is -0.146 e. The molecule has 0 saturated carbocycles. The van der Waals surface area contributed by atoms with Gasteiger partial charge in [0.25, 0.3) is 0 Å². The van der Waals surface area contributed by atoms with Gasteiger partial charge in [-0.2, -0.15) is 0 Å². The first kappa shape index (κ1) is 9.99. The van der Waals surface area contributed by atoms with Crippen LogP contribution in [-0.2, 0) is 0 Å². The van der Waals surface area contributed by atoms with E-state index >= 15 is 0 Å². The summed E-state index contributed by atoms with van der Waals surface area (Å²) in [5.41, 5.74) is 0. The summed E-state index contributed by atoms with van der Waals surface area (Å²) in [6, 6.07) is 0. The first-order valence-corrected chi connectivity index (χ1v) is 5.36. The van der Waals surface area contributed by atoms with E-state index in [1.165, 1.54) is 17.9 Å².